The van der Waals surface area contributed by atoms with Crippen LogP contribution in [0.25, 0.3) is 11.1 Å². The summed E-state index contributed by atoms with van der Waals surface area (Å²) in [6.07, 6.45) is 0. The van der Waals surface area contributed by atoms with Gasteiger partial charge >= 0.3 is 6.03 Å². The number of primary amides is 1. The third-order valence-corrected chi connectivity index (χ3v) is 3.09. The molecule has 0 unspecified atom stereocenters. The summed E-state index contributed by atoms with van der Waals surface area (Å²) in [5, 5.41) is 13.1. The fraction of sp³-hybridized carbons (Fsp3) is 0.0714. The highest BCUT2D eigenvalue weighted by atomic mass is 35.5. The maximum atomic E-state index is 10.9. The van der Waals surface area contributed by atoms with E-state index in [2.05, 4.69) is 5.32 Å². The summed E-state index contributed by atoms with van der Waals surface area (Å²) >= 11 is 6.14. The second-order valence-corrected chi connectivity index (χ2v) is 4.42. The molecule has 2 rings (SSSR count). The minimum Gasteiger partial charge on any atom is -0.505 e. The number of nitrogens with two attached hydrogens (primary N) is 1. The molecule has 0 heterocycles. The van der Waals surface area contributed by atoms with Gasteiger partial charge in [0.15, 0.2) is 5.75 Å². The average Bonchev–Trinajstić information content (AvgIpc) is 2.41. The number of benzene rings is 2. The van der Waals surface area contributed by atoms with Crippen LogP contribution in [0.5, 0.6) is 11.5 Å². The quantitative estimate of drug-likeness (QED) is 0.759. The third-order valence-electron chi connectivity index (χ3n) is 2.76. The molecule has 104 valence electrons. The average molecular weight is 293 g/mol. The van der Waals surface area contributed by atoms with E-state index < -0.39 is 6.03 Å². The summed E-state index contributed by atoms with van der Waals surface area (Å²) in [5.41, 5.74) is 6.24. The molecule has 0 spiro atoms. The molecular weight excluding hydrogens is 280 g/mol. The molecule has 6 heteroatoms. The Morgan fingerprint density at radius 1 is 1.30 bits per heavy atom. The molecule has 0 saturated heterocycles. The van der Waals surface area contributed by atoms with Gasteiger partial charge in [0.1, 0.15) is 5.75 Å². The predicted molar refractivity (Wildman–Crippen MR) is 78.3 cm³/mol. The van der Waals surface area contributed by atoms with Crippen LogP contribution in [0.3, 0.4) is 0 Å². The van der Waals surface area contributed by atoms with Gasteiger partial charge in [0, 0.05) is 10.6 Å². The van der Waals surface area contributed by atoms with E-state index in [1.807, 2.05) is 0 Å². The van der Waals surface area contributed by atoms with Crippen molar-refractivity contribution in [1.82, 2.24) is 0 Å². The molecule has 2 aromatic carbocycles. The number of phenolic OH excluding ortho intramolecular Hbond substituents is 1. The Balaban J connectivity index is 2.66. The number of nitrogens with one attached hydrogen (secondary N) is 1. The number of hydrogen-bond acceptors (Lipinski definition) is 3. The van der Waals surface area contributed by atoms with Crippen LogP contribution >= 0.6 is 11.6 Å². The van der Waals surface area contributed by atoms with Gasteiger partial charge < -0.3 is 20.9 Å². The van der Waals surface area contributed by atoms with Crippen LogP contribution < -0.4 is 15.8 Å². The van der Waals surface area contributed by atoms with Crippen molar-refractivity contribution < 1.29 is 14.6 Å². The van der Waals surface area contributed by atoms with E-state index in [1.54, 1.807) is 30.3 Å². The molecule has 2 aromatic rings. The Bertz CT molecular complexity index is 659. The van der Waals surface area contributed by atoms with Crippen molar-refractivity contribution in [2.24, 2.45) is 5.73 Å². The second kappa shape index (κ2) is 5.71. The van der Waals surface area contributed by atoms with Crippen molar-refractivity contribution in [2.45, 2.75) is 0 Å². The van der Waals surface area contributed by atoms with Crippen LogP contribution in [0.15, 0.2) is 36.4 Å². The molecule has 5 nitrogen and oxygen atoms in total. The Kier molecular flexibility index (Phi) is 4.00. The van der Waals surface area contributed by atoms with Gasteiger partial charge in [-0.2, -0.15) is 0 Å². The highest BCUT2D eigenvalue weighted by Crippen LogP contribution is 2.44. The maximum Gasteiger partial charge on any atom is 0.316 e. The van der Waals surface area contributed by atoms with Gasteiger partial charge in [-0.1, -0.05) is 29.8 Å². The molecule has 0 aliphatic heterocycles. The molecule has 4 N–H and O–H groups in total. The van der Waals surface area contributed by atoms with Gasteiger partial charge in [0.05, 0.1) is 18.4 Å². The van der Waals surface area contributed by atoms with Gasteiger partial charge in [0.2, 0.25) is 0 Å². The molecule has 0 aromatic heterocycles. The second-order valence-electron chi connectivity index (χ2n) is 4.01. The SMILES string of the molecule is COc1ccc(NC(N)=O)c(O)c1-c1ccccc1Cl. The Hall–Kier alpha value is -2.40. The van der Waals surface area contributed by atoms with E-state index in [4.69, 9.17) is 22.1 Å². The van der Waals surface area contributed by atoms with Crippen LogP contribution in [0.1, 0.15) is 0 Å². The van der Waals surface area contributed by atoms with Gasteiger partial charge in [0.25, 0.3) is 0 Å². The van der Waals surface area contributed by atoms with Crippen molar-refractivity contribution in [3.8, 4) is 22.6 Å². The molecule has 0 bridgehead atoms. The van der Waals surface area contributed by atoms with E-state index in [9.17, 15) is 9.90 Å². The summed E-state index contributed by atoms with van der Waals surface area (Å²) in [5.74, 6) is 0.280. The zero-order valence-electron chi connectivity index (χ0n) is 10.7. The molecule has 2 amide bonds. The first kappa shape index (κ1) is 14.0. The lowest BCUT2D eigenvalue weighted by molar-refractivity contribution is 0.259. The fourth-order valence-corrected chi connectivity index (χ4v) is 2.13. The number of rotatable bonds is 3. The van der Waals surface area contributed by atoms with E-state index >= 15 is 0 Å². The lowest BCUT2D eigenvalue weighted by Gasteiger charge is -2.15. The van der Waals surface area contributed by atoms with E-state index in [-0.39, 0.29) is 11.4 Å². The number of methoxy groups -OCH3 is 1. The van der Waals surface area contributed by atoms with E-state index in [0.29, 0.717) is 21.9 Å². The molecule has 0 radical (unpaired) electrons. The number of halogens is 1. The van der Waals surface area contributed by atoms with Crippen LogP contribution in [-0.4, -0.2) is 18.2 Å². The molecule has 0 aliphatic carbocycles. The van der Waals surface area contributed by atoms with Crippen LogP contribution in [0, 0.1) is 0 Å². The molecular formula is C14H13ClN2O3. The van der Waals surface area contributed by atoms with Crippen molar-refractivity contribution >= 4 is 23.3 Å². The van der Waals surface area contributed by atoms with Gasteiger partial charge in [-0.3, -0.25) is 0 Å². The topological polar surface area (TPSA) is 84.6 Å². The number of amides is 2. The van der Waals surface area contributed by atoms with Gasteiger partial charge in [-0.05, 0) is 18.2 Å². The predicted octanol–water partition coefficient (Wildman–Crippen LogP) is 3.21. The standard InChI is InChI=1S/C14H13ClN2O3/c1-20-11-7-6-10(17-14(16)19)13(18)12(11)8-4-2-3-5-9(8)15/h2-7,18H,1H3,(H3,16,17,19). The van der Waals surface area contributed by atoms with Crippen molar-refractivity contribution in [3.63, 3.8) is 0 Å². The van der Waals surface area contributed by atoms with Crippen molar-refractivity contribution in [2.75, 3.05) is 12.4 Å². The lowest BCUT2D eigenvalue weighted by Crippen LogP contribution is -2.19. The smallest absolute Gasteiger partial charge is 0.316 e. The minimum absolute atomic E-state index is 0.156. The molecule has 0 aliphatic rings. The number of aromatic hydroxyl groups is 1. The number of phenols is 1. The Morgan fingerprint density at radius 3 is 2.60 bits per heavy atom. The zero-order chi connectivity index (χ0) is 14.7. The number of carbonyl (C=O) groups excluding carboxylic acids is 1. The number of carbonyl (C=O) groups is 1. The summed E-state index contributed by atoms with van der Waals surface area (Å²) in [6.45, 7) is 0. The van der Waals surface area contributed by atoms with Crippen molar-refractivity contribution in [3.05, 3.63) is 41.4 Å². The summed E-state index contributed by atoms with van der Waals surface area (Å²) < 4.78 is 5.23. The normalized spacial score (nSPS) is 10.1. The van der Waals surface area contributed by atoms with Crippen LogP contribution in [0.4, 0.5) is 10.5 Å². The van der Waals surface area contributed by atoms with Gasteiger partial charge in [-0.25, -0.2) is 4.79 Å². The monoisotopic (exact) mass is 292 g/mol. The lowest BCUT2D eigenvalue weighted by atomic mass is 10.0. The van der Waals surface area contributed by atoms with E-state index in [0.717, 1.165) is 0 Å². The minimum atomic E-state index is -0.768. The van der Waals surface area contributed by atoms with Crippen LogP contribution in [0.2, 0.25) is 5.02 Å². The van der Waals surface area contributed by atoms with Crippen LogP contribution in [-0.2, 0) is 0 Å². The third kappa shape index (κ3) is 2.62. The number of anilines is 1. The maximum absolute atomic E-state index is 10.9. The number of hydrogen-bond donors (Lipinski definition) is 3. The summed E-state index contributed by atoms with van der Waals surface area (Å²) in [7, 11) is 1.48. The Morgan fingerprint density at radius 2 is 2.00 bits per heavy atom. The first-order valence-corrected chi connectivity index (χ1v) is 6.13. The zero-order valence-corrected chi connectivity index (χ0v) is 11.4. The molecule has 0 atom stereocenters. The highest BCUT2D eigenvalue weighted by Gasteiger charge is 2.18. The van der Waals surface area contributed by atoms with Gasteiger partial charge in [-0.15, -0.1) is 0 Å². The summed E-state index contributed by atoms with van der Waals surface area (Å²) in [4.78, 5) is 10.9. The molecule has 20 heavy (non-hydrogen) atoms. The Labute approximate surface area is 120 Å². The van der Waals surface area contributed by atoms with Crippen molar-refractivity contribution in [1.29, 1.82) is 0 Å². The highest BCUT2D eigenvalue weighted by molar-refractivity contribution is 6.33. The summed E-state index contributed by atoms with van der Waals surface area (Å²) in [6, 6.07) is 9.35. The molecule has 0 fully saturated rings. The first-order chi connectivity index (χ1) is 9.54. The number of ether oxygens (including phenoxy) is 1. The largest absolute Gasteiger partial charge is 0.505 e. The molecule has 0 saturated carbocycles. The van der Waals surface area contributed by atoms with E-state index in [1.165, 1.54) is 13.2 Å². The number of urea groups is 1. The fourth-order valence-electron chi connectivity index (χ4n) is 1.90. The first-order valence-electron chi connectivity index (χ1n) is 5.76.